The van der Waals surface area contributed by atoms with Gasteiger partial charge in [0.05, 0.1) is 24.4 Å². The Morgan fingerprint density at radius 3 is 2.96 bits per heavy atom. The highest BCUT2D eigenvalue weighted by Crippen LogP contribution is 2.29. The molecule has 0 fully saturated rings. The molecule has 0 radical (unpaired) electrons. The number of pyridine rings is 2. The third-order valence-electron chi connectivity index (χ3n) is 4.03. The molecule has 28 heavy (non-hydrogen) atoms. The van der Waals surface area contributed by atoms with E-state index in [1.54, 1.807) is 37.7 Å². The Morgan fingerprint density at radius 2 is 2.29 bits per heavy atom. The highest BCUT2D eigenvalue weighted by Gasteiger charge is 2.21. The third kappa shape index (κ3) is 3.98. The minimum atomic E-state index is -0.437. The van der Waals surface area contributed by atoms with Crippen LogP contribution < -0.4 is 10.5 Å². The number of hydrogen-bond acceptors (Lipinski definition) is 7. The molecule has 0 saturated heterocycles. The number of nitrogens with zero attached hydrogens (tertiary/aromatic N) is 4. The molecule has 1 N–H and O–H groups in total. The van der Waals surface area contributed by atoms with E-state index < -0.39 is 5.56 Å². The molecule has 0 aliphatic rings. The highest BCUT2D eigenvalue weighted by atomic mass is 32.1. The molecule has 0 unspecified atom stereocenters. The van der Waals surface area contributed by atoms with Gasteiger partial charge in [0, 0.05) is 36.1 Å². The van der Waals surface area contributed by atoms with Crippen molar-refractivity contribution < 1.29 is 9.53 Å². The zero-order chi connectivity index (χ0) is 20.1. The molecule has 0 atom stereocenters. The molecule has 9 heteroatoms. The number of hydrogen-bond donors (Lipinski definition) is 1. The molecule has 0 spiro atoms. The predicted molar refractivity (Wildman–Crippen MR) is 105 cm³/mol. The fourth-order valence-corrected chi connectivity index (χ4v) is 3.45. The van der Waals surface area contributed by atoms with E-state index in [9.17, 15) is 9.59 Å². The van der Waals surface area contributed by atoms with E-state index in [0.717, 1.165) is 0 Å². The quantitative estimate of drug-likeness (QED) is 0.686. The minimum Gasteiger partial charge on any atom is -0.383 e. The second-order valence-electron chi connectivity index (χ2n) is 5.87. The summed E-state index contributed by atoms with van der Waals surface area (Å²) in [6, 6.07) is 6.77. The first-order valence-corrected chi connectivity index (χ1v) is 9.24. The van der Waals surface area contributed by atoms with E-state index in [-0.39, 0.29) is 11.5 Å². The first-order valence-electron chi connectivity index (χ1n) is 8.36. The van der Waals surface area contributed by atoms with Crippen LogP contribution in [0.4, 0.5) is 5.13 Å². The average molecular weight is 395 g/mol. The molecule has 8 nitrogen and oxygen atoms in total. The number of carbonyl (C=O) groups excluding carboxylic acids is 1. The van der Waals surface area contributed by atoms with E-state index in [0.29, 0.717) is 40.8 Å². The lowest BCUT2D eigenvalue weighted by Crippen LogP contribution is -2.34. The predicted octanol–water partition coefficient (Wildman–Crippen LogP) is 2.37. The molecular formula is C19H17N5O3S. The van der Waals surface area contributed by atoms with E-state index in [4.69, 9.17) is 10.00 Å². The van der Waals surface area contributed by atoms with Gasteiger partial charge in [-0.25, -0.2) is 4.98 Å². The molecule has 1 amide bonds. The molecule has 3 aromatic rings. The summed E-state index contributed by atoms with van der Waals surface area (Å²) in [6.45, 7) is 2.41. The molecule has 0 bridgehead atoms. The number of amides is 1. The number of methoxy groups -OCH3 is 1. The van der Waals surface area contributed by atoms with Crippen LogP contribution in [0.25, 0.3) is 11.3 Å². The van der Waals surface area contributed by atoms with Gasteiger partial charge >= 0.3 is 0 Å². The van der Waals surface area contributed by atoms with Gasteiger partial charge < -0.3 is 9.72 Å². The van der Waals surface area contributed by atoms with Crippen LogP contribution in [0.3, 0.4) is 0 Å². The zero-order valence-corrected chi connectivity index (χ0v) is 16.1. The van der Waals surface area contributed by atoms with Gasteiger partial charge in [-0.1, -0.05) is 0 Å². The second kappa shape index (κ2) is 8.56. The highest BCUT2D eigenvalue weighted by molar-refractivity contribution is 7.14. The smallest absolute Gasteiger partial charge is 0.266 e. The van der Waals surface area contributed by atoms with Crippen LogP contribution in [0.15, 0.2) is 40.8 Å². The van der Waals surface area contributed by atoms with Gasteiger partial charge in [0.25, 0.3) is 11.5 Å². The number of aromatic amines is 1. The SMILES string of the molecule is COCCN(C(=O)c1cccnc1)c1nc(-c2cc(C#N)c(=O)[nH]c2C)cs1. The Balaban J connectivity index is 1.99. The summed E-state index contributed by atoms with van der Waals surface area (Å²) < 4.78 is 5.13. The van der Waals surface area contributed by atoms with Crippen LogP contribution in [0.1, 0.15) is 21.6 Å². The van der Waals surface area contributed by atoms with Crippen molar-refractivity contribution in [1.82, 2.24) is 15.0 Å². The zero-order valence-electron chi connectivity index (χ0n) is 15.3. The molecule has 142 valence electrons. The number of anilines is 1. The number of aryl methyl sites for hydroxylation is 1. The van der Waals surface area contributed by atoms with Crippen molar-refractivity contribution in [3.63, 3.8) is 0 Å². The van der Waals surface area contributed by atoms with Crippen molar-refractivity contribution in [3.8, 4) is 17.3 Å². The fraction of sp³-hybridized carbons (Fsp3) is 0.211. The van der Waals surface area contributed by atoms with Crippen LogP contribution in [0.5, 0.6) is 0 Å². The molecule has 3 aromatic heterocycles. The molecule has 0 aliphatic heterocycles. The number of nitriles is 1. The van der Waals surface area contributed by atoms with Crippen LogP contribution in [0, 0.1) is 18.3 Å². The summed E-state index contributed by atoms with van der Waals surface area (Å²) >= 11 is 1.30. The molecule has 0 aliphatic carbocycles. The molecule has 3 rings (SSSR count). The van der Waals surface area contributed by atoms with E-state index in [2.05, 4.69) is 15.0 Å². The van der Waals surface area contributed by atoms with Crippen LogP contribution in [0.2, 0.25) is 0 Å². The average Bonchev–Trinajstić information content (AvgIpc) is 3.18. The minimum absolute atomic E-state index is 0.0119. The Hall–Kier alpha value is -3.35. The number of nitrogens with one attached hydrogen (secondary N) is 1. The number of thiazole rings is 1. The Morgan fingerprint density at radius 1 is 1.46 bits per heavy atom. The van der Waals surface area contributed by atoms with Gasteiger partial charge in [-0.3, -0.25) is 19.5 Å². The number of ether oxygens (including phenoxy) is 1. The van der Waals surface area contributed by atoms with Crippen molar-refractivity contribution >= 4 is 22.4 Å². The normalized spacial score (nSPS) is 10.5. The van der Waals surface area contributed by atoms with Gasteiger partial charge in [0.15, 0.2) is 5.13 Å². The lowest BCUT2D eigenvalue weighted by molar-refractivity contribution is 0.0975. The van der Waals surface area contributed by atoms with E-state index >= 15 is 0 Å². The van der Waals surface area contributed by atoms with Crippen LogP contribution >= 0.6 is 11.3 Å². The summed E-state index contributed by atoms with van der Waals surface area (Å²) in [7, 11) is 1.56. The summed E-state index contributed by atoms with van der Waals surface area (Å²) in [5.74, 6) is -0.234. The van der Waals surface area contributed by atoms with Gasteiger partial charge in [0.1, 0.15) is 11.6 Å². The number of H-pyrrole nitrogens is 1. The van der Waals surface area contributed by atoms with Gasteiger partial charge in [-0.15, -0.1) is 11.3 Å². The number of rotatable bonds is 6. The maximum atomic E-state index is 12.9. The van der Waals surface area contributed by atoms with Gasteiger partial charge in [-0.05, 0) is 25.1 Å². The van der Waals surface area contributed by atoms with Gasteiger partial charge in [0.2, 0.25) is 0 Å². The second-order valence-corrected chi connectivity index (χ2v) is 6.71. The first kappa shape index (κ1) is 19.4. The van der Waals surface area contributed by atoms with Crippen molar-refractivity contribution in [2.45, 2.75) is 6.92 Å². The maximum absolute atomic E-state index is 12.9. The van der Waals surface area contributed by atoms with Crippen LogP contribution in [-0.4, -0.2) is 41.1 Å². The number of carbonyl (C=O) groups is 1. The van der Waals surface area contributed by atoms with Crippen LogP contribution in [-0.2, 0) is 4.74 Å². The Labute approximate surface area is 165 Å². The summed E-state index contributed by atoms with van der Waals surface area (Å²) in [5.41, 5.74) is 1.83. The first-order chi connectivity index (χ1) is 13.5. The fourth-order valence-electron chi connectivity index (χ4n) is 2.60. The van der Waals surface area contributed by atoms with Crippen molar-refractivity contribution in [2.75, 3.05) is 25.2 Å². The lowest BCUT2D eigenvalue weighted by atomic mass is 10.1. The largest absolute Gasteiger partial charge is 0.383 e. The van der Waals surface area contributed by atoms with Crippen molar-refractivity contribution in [1.29, 1.82) is 5.26 Å². The molecule has 3 heterocycles. The summed E-state index contributed by atoms with van der Waals surface area (Å²) in [6.07, 6.45) is 3.10. The molecular weight excluding hydrogens is 378 g/mol. The maximum Gasteiger partial charge on any atom is 0.266 e. The number of aromatic nitrogens is 3. The molecule has 0 aromatic carbocycles. The van der Waals surface area contributed by atoms with Crippen molar-refractivity contribution in [3.05, 3.63) is 63.1 Å². The Bertz CT molecular complexity index is 1080. The Kier molecular flexibility index (Phi) is 5.93. The summed E-state index contributed by atoms with van der Waals surface area (Å²) in [5, 5.41) is 11.4. The van der Waals surface area contributed by atoms with E-state index in [1.165, 1.54) is 28.5 Å². The van der Waals surface area contributed by atoms with E-state index in [1.807, 2.05) is 6.07 Å². The summed E-state index contributed by atoms with van der Waals surface area (Å²) in [4.78, 5) is 37.4. The third-order valence-corrected chi connectivity index (χ3v) is 4.89. The van der Waals surface area contributed by atoms with Gasteiger partial charge in [-0.2, -0.15) is 5.26 Å². The monoisotopic (exact) mass is 395 g/mol. The molecule has 0 saturated carbocycles. The standard InChI is InChI=1S/C19H17N5O3S/c1-12-15(8-14(9-20)17(25)22-12)16-11-28-19(23-16)24(6-7-27-2)18(26)13-4-3-5-21-10-13/h3-5,8,10-11H,6-7H2,1-2H3,(H,22,25). The lowest BCUT2D eigenvalue weighted by Gasteiger charge is -2.19. The van der Waals surface area contributed by atoms with Crippen molar-refractivity contribution in [2.24, 2.45) is 0 Å². The topological polar surface area (TPSA) is 112 Å².